The lowest BCUT2D eigenvalue weighted by Crippen LogP contribution is -2.50. The molecule has 0 bridgehead atoms. The third-order valence-electron chi connectivity index (χ3n) is 6.33. The molecule has 0 saturated carbocycles. The Morgan fingerprint density at radius 3 is 2.17 bits per heavy atom. The van der Waals surface area contributed by atoms with Crippen molar-refractivity contribution in [2.75, 3.05) is 19.5 Å². The summed E-state index contributed by atoms with van der Waals surface area (Å²) in [4.78, 5) is 26.7. The molecule has 0 radical (unpaired) electrons. The van der Waals surface area contributed by atoms with Crippen molar-refractivity contribution in [2.45, 2.75) is 18.9 Å². The maximum Gasteiger partial charge on any atom is 0.251 e. The van der Waals surface area contributed by atoms with Crippen molar-refractivity contribution in [3.63, 3.8) is 0 Å². The van der Waals surface area contributed by atoms with Crippen LogP contribution in [0.15, 0.2) is 78.9 Å². The number of carbonyl (C=O) groups is 2. The molecule has 1 aliphatic rings. The van der Waals surface area contributed by atoms with Gasteiger partial charge in [-0.1, -0.05) is 36.4 Å². The van der Waals surface area contributed by atoms with E-state index in [0.717, 1.165) is 22.5 Å². The molecule has 182 valence electrons. The summed E-state index contributed by atoms with van der Waals surface area (Å²) in [7, 11) is 3.15. The Hall–Kier alpha value is -4.59. The lowest BCUT2D eigenvalue weighted by molar-refractivity contribution is -0.118. The van der Waals surface area contributed by atoms with E-state index < -0.39 is 12.0 Å². The molecule has 0 saturated heterocycles. The summed E-state index contributed by atoms with van der Waals surface area (Å²) in [5.74, 6) is 0.516. The van der Waals surface area contributed by atoms with Gasteiger partial charge in [0.15, 0.2) is 0 Å². The van der Waals surface area contributed by atoms with Crippen molar-refractivity contribution in [3.05, 3.63) is 101 Å². The number of benzene rings is 3. The lowest BCUT2D eigenvalue weighted by Gasteiger charge is -2.33. The van der Waals surface area contributed by atoms with Crippen molar-refractivity contribution in [1.29, 1.82) is 0 Å². The Bertz CT molecular complexity index is 1390. The summed E-state index contributed by atoms with van der Waals surface area (Å²) in [6.45, 7) is 1.90. The standard InChI is InChI=1S/C28H26N4O4/c1-17-23-24(19-14-21(35-2)16-22(15-19)36-3)25(29-27(33)18-10-6-4-7-11-18)28(34)30-26(23)32(31-17)20-12-8-5-9-13-20/h4-16,24-25H,1-3H3,(H,29,33)(H,30,34). The van der Waals surface area contributed by atoms with Gasteiger partial charge in [-0.25, -0.2) is 4.68 Å². The largest absolute Gasteiger partial charge is 0.497 e. The fourth-order valence-corrected chi connectivity index (χ4v) is 4.63. The van der Waals surface area contributed by atoms with Gasteiger partial charge in [0.2, 0.25) is 5.91 Å². The fraction of sp³-hybridized carbons (Fsp3) is 0.179. The van der Waals surface area contributed by atoms with Crippen LogP contribution in [-0.4, -0.2) is 41.9 Å². The third kappa shape index (κ3) is 4.17. The topological polar surface area (TPSA) is 94.5 Å². The van der Waals surface area contributed by atoms with Crippen molar-refractivity contribution in [1.82, 2.24) is 15.1 Å². The van der Waals surface area contributed by atoms with E-state index in [1.54, 1.807) is 49.2 Å². The number of para-hydroxylation sites is 1. The van der Waals surface area contributed by atoms with Crippen molar-refractivity contribution in [2.24, 2.45) is 0 Å². The highest BCUT2D eigenvalue weighted by atomic mass is 16.5. The Kier molecular flexibility index (Phi) is 6.16. The number of ether oxygens (including phenoxy) is 2. The van der Waals surface area contributed by atoms with Crippen LogP contribution in [0.25, 0.3) is 5.69 Å². The summed E-state index contributed by atoms with van der Waals surface area (Å²) in [6, 6.07) is 23.0. The highest BCUT2D eigenvalue weighted by Crippen LogP contribution is 2.42. The summed E-state index contributed by atoms with van der Waals surface area (Å²) < 4.78 is 12.7. The molecule has 4 aromatic rings. The molecule has 8 nitrogen and oxygen atoms in total. The third-order valence-corrected chi connectivity index (χ3v) is 6.33. The Morgan fingerprint density at radius 2 is 1.56 bits per heavy atom. The van der Waals surface area contributed by atoms with E-state index in [0.29, 0.717) is 22.9 Å². The summed E-state index contributed by atoms with van der Waals surface area (Å²) in [5.41, 5.74) is 3.59. The van der Waals surface area contributed by atoms with Crippen LogP contribution in [0.5, 0.6) is 11.5 Å². The first-order chi connectivity index (χ1) is 17.5. The van der Waals surface area contributed by atoms with Gasteiger partial charge >= 0.3 is 0 Å². The van der Waals surface area contributed by atoms with Crippen LogP contribution in [-0.2, 0) is 4.79 Å². The molecule has 2 atom stereocenters. The molecule has 5 rings (SSSR count). The fourth-order valence-electron chi connectivity index (χ4n) is 4.63. The molecule has 2 unspecified atom stereocenters. The molecule has 2 amide bonds. The van der Waals surface area contributed by atoms with E-state index in [1.165, 1.54) is 0 Å². The minimum Gasteiger partial charge on any atom is -0.497 e. The number of fused-ring (bicyclic) bond motifs is 1. The summed E-state index contributed by atoms with van der Waals surface area (Å²) in [5, 5.41) is 10.7. The van der Waals surface area contributed by atoms with Crippen molar-refractivity contribution < 1.29 is 19.1 Å². The zero-order chi connectivity index (χ0) is 25.2. The lowest BCUT2D eigenvalue weighted by atomic mass is 9.81. The first-order valence-corrected chi connectivity index (χ1v) is 11.5. The molecule has 2 heterocycles. The minimum absolute atomic E-state index is 0.337. The van der Waals surface area contributed by atoms with Crippen LogP contribution in [0, 0.1) is 6.92 Å². The average molecular weight is 483 g/mol. The Balaban J connectivity index is 1.67. The van der Waals surface area contributed by atoms with Crippen LogP contribution >= 0.6 is 0 Å². The van der Waals surface area contributed by atoms with Crippen LogP contribution in [0.3, 0.4) is 0 Å². The number of carbonyl (C=O) groups excluding carboxylic acids is 2. The van der Waals surface area contributed by atoms with Gasteiger partial charge < -0.3 is 20.1 Å². The molecular formula is C28H26N4O4. The van der Waals surface area contributed by atoms with Crippen LogP contribution in [0.2, 0.25) is 0 Å². The number of hydrogen-bond donors (Lipinski definition) is 2. The molecule has 0 fully saturated rings. The predicted molar refractivity (Wildman–Crippen MR) is 136 cm³/mol. The van der Waals surface area contributed by atoms with Crippen LogP contribution in [0.4, 0.5) is 5.82 Å². The Labute approximate surface area is 208 Å². The zero-order valence-electron chi connectivity index (χ0n) is 20.2. The number of amides is 2. The van der Waals surface area contributed by atoms with Gasteiger partial charge in [-0.05, 0) is 48.9 Å². The molecule has 3 aromatic carbocycles. The van der Waals surface area contributed by atoms with Crippen LogP contribution < -0.4 is 20.1 Å². The van der Waals surface area contributed by atoms with Crippen molar-refractivity contribution in [3.8, 4) is 17.2 Å². The molecule has 0 spiro atoms. The molecule has 1 aromatic heterocycles. The highest BCUT2D eigenvalue weighted by Gasteiger charge is 2.42. The molecule has 0 aliphatic carbocycles. The number of nitrogens with zero attached hydrogens (tertiary/aromatic N) is 2. The van der Waals surface area contributed by atoms with Gasteiger partial charge in [-0.15, -0.1) is 0 Å². The van der Waals surface area contributed by atoms with Gasteiger partial charge in [-0.2, -0.15) is 5.10 Å². The van der Waals surface area contributed by atoms with Gasteiger partial charge in [0.1, 0.15) is 23.4 Å². The number of anilines is 1. The minimum atomic E-state index is -0.894. The molecule has 36 heavy (non-hydrogen) atoms. The van der Waals surface area contributed by atoms with E-state index in [4.69, 9.17) is 14.6 Å². The number of aromatic nitrogens is 2. The number of nitrogens with one attached hydrogen (secondary N) is 2. The maximum absolute atomic E-state index is 13.6. The van der Waals surface area contributed by atoms with E-state index in [9.17, 15) is 9.59 Å². The SMILES string of the molecule is COc1cc(OC)cc(C2c3c(C)nn(-c4ccccc4)c3NC(=O)C2NC(=O)c2ccccc2)c1. The molecule has 2 N–H and O–H groups in total. The van der Waals surface area contributed by atoms with E-state index in [-0.39, 0.29) is 11.8 Å². The molecular weight excluding hydrogens is 456 g/mol. The summed E-state index contributed by atoms with van der Waals surface area (Å²) in [6.07, 6.45) is 0. The first-order valence-electron chi connectivity index (χ1n) is 11.5. The highest BCUT2D eigenvalue weighted by molar-refractivity contribution is 6.04. The predicted octanol–water partition coefficient (Wildman–Crippen LogP) is 4.08. The maximum atomic E-state index is 13.6. The zero-order valence-corrected chi connectivity index (χ0v) is 20.2. The average Bonchev–Trinajstić information content (AvgIpc) is 3.24. The number of aryl methyl sites for hydroxylation is 1. The second-order valence-corrected chi connectivity index (χ2v) is 8.53. The molecule has 8 heteroatoms. The number of hydrogen-bond acceptors (Lipinski definition) is 5. The number of methoxy groups -OCH3 is 2. The van der Waals surface area contributed by atoms with E-state index in [2.05, 4.69) is 10.6 Å². The monoisotopic (exact) mass is 482 g/mol. The second kappa shape index (κ2) is 9.58. The number of rotatable bonds is 6. The van der Waals surface area contributed by atoms with Gasteiger partial charge in [0, 0.05) is 23.1 Å². The molecule has 1 aliphatic heterocycles. The van der Waals surface area contributed by atoms with Gasteiger partial charge in [0.25, 0.3) is 5.91 Å². The van der Waals surface area contributed by atoms with Gasteiger partial charge in [0.05, 0.1) is 25.6 Å². The normalized spacial score (nSPS) is 16.6. The smallest absolute Gasteiger partial charge is 0.251 e. The van der Waals surface area contributed by atoms with Crippen LogP contribution in [0.1, 0.15) is 33.1 Å². The van der Waals surface area contributed by atoms with Crippen molar-refractivity contribution >= 4 is 17.6 Å². The summed E-state index contributed by atoms with van der Waals surface area (Å²) >= 11 is 0. The first kappa shape index (κ1) is 23.2. The second-order valence-electron chi connectivity index (χ2n) is 8.53. The quantitative estimate of drug-likeness (QED) is 0.432. The van der Waals surface area contributed by atoms with E-state index >= 15 is 0 Å². The van der Waals surface area contributed by atoms with Gasteiger partial charge in [-0.3, -0.25) is 9.59 Å². The van der Waals surface area contributed by atoms with E-state index in [1.807, 2.05) is 55.5 Å². The Morgan fingerprint density at radius 1 is 0.944 bits per heavy atom.